The van der Waals surface area contributed by atoms with Gasteiger partial charge in [-0.15, -0.1) is 10.2 Å². The second-order valence-corrected chi connectivity index (χ2v) is 4.79. The quantitative estimate of drug-likeness (QED) is 0.887. The molecule has 0 aliphatic rings. The van der Waals surface area contributed by atoms with Crippen LogP contribution in [0.3, 0.4) is 0 Å². The first-order valence-electron chi connectivity index (χ1n) is 6.64. The zero-order valence-corrected chi connectivity index (χ0v) is 13.1. The maximum absolute atomic E-state index is 5.96. The summed E-state index contributed by atoms with van der Waals surface area (Å²) in [4.78, 5) is 0. The van der Waals surface area contributed by atoms with Crippen molar-refractivity contribution in [3.8, 4) is 11.5 Å². The largest absolute Gasteiger partial charge is 0.497 e. The van der Waals surface area contributed by atoms with Gasteiger partial charge in [0.25, 0.3) is 0 Å². The molecule has 0 radical (unpaired) electrons. The summed E-state index contributed by atoms with van der Waals surface area (Å²) in [5.41, 5.74) is 1.98. The zero-order chi connectivity index (χ0) is 15.2. The third kappa shape index (κ3) is 3.76. The third-order valence-electron chi connectivity index (χ3n) is 3.16. The summed E-state index contributed by atoms with van der Waals surface area (Å²) in [5.74, 6) is 2.21. The highest BCUT2D eigenvalue weighted by molar-refractivity contribution is 6.30. The van der Waals surface area contributed by atoms with E-state index in [-0.39, 0.29) is 0 Å². The van der Waals surface area contributed by atoms with Crippen molar-refractivity contribution in [3.63, 3.8) is 0 Å². The average Bonchev–Trinajstić information content (AvgIpc) is 2.53. The van der Waals surface area contributed by atoms with Gasteiger partial charge in [0.15, 0.2) is 5.15 Å². The molecule has 0 aliphatic heterocycles. The minimum absolute atomic E-state index is 0.449. The van der Waals surface area contributed by atoms with Crippen molar-refractivity contribution in [2.45, 2.75) is 19.9 Å². The van der Waals surface area contributed by atoms with Gasteiger partial charge < -0.3 is 14.8 Å². The van der Waals surface area contributed by atoms with Crippen LogP contribution in [0.1, 0.15) is 18.1 Å². The van der Waals surface area contributed by atoms with Crippen LogP contribution in [0, 0.1) is 0 Å². The van der Waals surface area contributed by atoms with Crippen molar-refractivity contribution < 1.29 is 9.47 Å². The van der Waals surface area contributed by atoms with Crippen LogP contribution < -0.4 is 14.8 Å². The van der Waals surface area contributed by atoms with E-state index in [2.05, 4.69) is 15.5 Å². The van der Waals surface area contributed by atoms with Crippen LogP contribution in [0.4, 0.5) is 5.82 Å². The topological polar surface area (TPSA) is 56.3 Å². The molecule has 0 aliphatic carbocycles. The number of nitrogens with zero attached hydrogens (tertiary/aromatic N) is 2. The summed E-state index contributed by atoms with van der Waals surface area (Å²) in [5, 5.41) is 11.6. The fourth-order valence-corrected chi connectivity index (χ4v) is 2.16. The fraction of sp³-hybridized carbons (Fsp3) is 0.333. The summed E-state index contributed by atoms with van der Waals surface area (Å²) in [7, 11) is 3.26. The first-order chi connectivity index (χ1) is 10.2. The first-order valence-corrected chi connectivity index (χ1v) is 7.02. The number of hydrogen-bond acceptors (Lipinski definition) is 5. The molecule has 2 rings (SSSR count). The molecule has 0 atom stereocenters. The van der Waals surface area contributed by atoms with Crippen molar-refractivity contribution in [3.05, 3.63) is 40.5 Å². The second-order valence-electron chi connectivity index (χ2n) is 4.43. The lowest BCUT2D eigenvalue weighted by Crippen LogP contribution is -2.05. The van der Waals surface area contributed by atoms with Crippen molar-refractivity contribution in [1.29, 1.82) is 0 Å². The molecule has 112 valence electrons. The molecule has 0 saturated carbocycles. The Bertz CT molecular complexity index is 620. The maximum Gasteiger partial charge on any atom is 0.155 e. The normalized spacial score (nSPS) is 10.3. The SMILES string of the molecule is CCc1cc(NCc2ccc(OC)cc2OC)nnc1Cl. The molecule has 0 fully saturated rings. The van der Waals surface area contributed by atoms with E-state index in [1.54, 1.807) is 14.2 Å². The Labute approximate surface area is 129 Å². The van der Waals surface area contributed by atoms with Crippen molar-refractivity contribution in [2.75, 3.05) is 19.5 Å². The van der Waals surface area contributed by atoms with Gasteiger partial charge in [0.1, 0.15) is 17.3 Å². The molecular weight excluding hydrogens is 290 g/mol. The molecule has 1 aromatic heterocycles. The first kappa shape index (κ1) is 15.4. The summed E-state index contributed by atoms with van der Waals surface area (Å²) >= 11 is 5.96. The van der Waals surface area contributed by atoms with Crippen LogP contribution in [0.5, 0.6) is 11.5 Å². The van der Waals surface area contributed by atoms with Crippen LogP contribution in [0.25, 0.3) is 0 Å². The summed E-state index contributed by atoms with van der Waals surface area (Å²) in [6.07, 6.45) is 0.814. The molecule has 0 saturated heterocycles. The van der Waals surface area contributed by atoms with E-state index >= 15 is 0 Å². The Morgan fingerprint density at radius 3 is 2.57 bits per heavy atom. The molecular formula is C15H18ClN3O2. The van der Waals surface area contributed by atoms with E-state index in [1.165, 1.54) is 0 Å². The van der Waals surface area contributed by atoms with Gasteiger partial charge >= 0.3 is 0 Å². The number of rotatable bonds is 6. The number of nitrogens with one attached hydrogen (secondary N) is 1. The maximum atomic E-state index is 5.96. The number of hydrogen-bond donors (Lipinski definition) is 1. The van der Waals surface area contributed by atoms with Crippen LogP contribution in [-0.4, -0.2) is 24.4 Å². The Morgan fingerprint density at radius 1 is 1.10 bits per heavy atom. The Morgan fingerprint density at radius 2 is 1.90 bits per heavy atom. The number of ether oxygens (including phenoxy) is 2. The third-order valence-corrected chi connectivity index (χ3v) is 3.47. The van der Waals surface area contributed by atoms with E-state index < -0.39 is 0 Å². The smallest absolute Gasteiger partial charge is 0.155 e. The molecule has 1 heterocycles. The van der Waals surface area contributed by atoms with Crippen molar-refractivity contribution >= 4 is 17.4 Å². The van der Waals surface area contributed by atoms with Crippen molar-refractivity contribution in [1.82, 2.24) is 10.2 Å². The highest BCUT2D eigenvalue weighted by Crippen LogP contribution is 2.25. The van der Waals surface area contributed by atoms with Crippen molar-refractivity contribution in [2.24, 2.45) is 0 Å². The van der Waals surface area contributed by atoms with Crippen LogP contribution in [-0.2, 0) is 13.0 Å². The molecule has 6 heteroatoms. The average molecular weight is 308 g/mol. The van der Waals surface area contributed by atoms with Gasteiger partial charge in [0.05, 0.1) is 14.2 Å². The lowest BCUT2D eigenvalue weighted by Gasteiger charge is -2.12. The molecule has 0 bridgehead atoms. The van der Waals surface area contributed by atoms with E-state index in [4.69, 9.17) is 21.1 Å². The minimum atomic E-state index is 0.449. The number of anilines is 1. The summed E-state index contributed by atoms with van der Waals surface area (Å²) in [6.45, 7) is 2.60. The molecule has 2 aromatic rings. The van der Waals surface area contributed by atoms with Gasteiger partial charge in [-0.25, -0.2) is 0 Å². The van der Waals surface area contributed by atoms with Gasteiger partial charge in [0, 0.05) is 18.2 Å². The highest BCUT2D eigenvalue weighted by Gasteiger charge is 2.07. The van der Waals surface area contributed by atoms with Gasteiger partial charge in [-0.05, 0) is 30.2 Å². The van der Waals surface area contributed by atoms with E-state index in [1.807, 2.05) is 31.2 Å². The molecule has 21 heavy (non-hydrogen) atoms. The van der Waals surface area contributed by atoms with Gasteiger partial charge in [0.2, 0.25) is 0 Å². The number of benzene rings is 1. The fourth-order valence-electron chi connectivity index (χ4n) is 1.93. The Hall–Kier alpha value is -2.01. The van der Waals surface area contributed by atoms with Gasteiger partial charge in [-0.1, -0.05) is 18.5 Å². The molecule has 5 nitrogen and oxygen atoms in total. The lowest BCUT2D eigenvalue weighted by atomic mass is 10.2. The lowest BCUT2D eigenvalue weighted by molar-refractivity contribution is 0.391. The molecule has 0 spiro atoms. The standard InChI is InChI=1S/C15H18ClN3O2/c1-4-10-7-14(18-19-15(10)16)17-9-11-5-6-12(20-2)8-13(11)21-3/h5-8H,4,9H2,1-3H3,(H,17,18). The minimum Gasteiger partial charge on any atom is -0.497 e. The number of halogens is 1. The van der Waals surface area contributed by atoms with E-state index in [0.717, 1.165) is 29.0 Å². The van der Waals surface area contributed by atoms with E-state index in [9.17, 15) is 0 Å². The molecule has 1 aromatic carbocycles. The summed E-state index contributed by atoms with van der Waals surface area (Å²) in [6, 6.07) is 7.60. The molecule has 1 N–H and O–H groups in total. The molecule has 0 unspecified atom stereocenters. The number of aryl methyl sites for hydroxylation is 1. The molecule has 0 amide bonds. The number of aromatic nitrogens is 2. The Balaban J connectivity index is 2.12. The Kier molecular flexibility index (Phi) is 5.22. The second kappa shape index (κ2) is 7.13. The van der Waals surface area contributed by atoms with Gasteiger partial charge in [-0.2, -0.15) is 0 Å². The van der Waals surface area contributed by atoms with E-state index in [0.29, 0.717) is 17.5 Å². The van der Waals surface area contributed by atoms with Gasteiger partial charge in [-0.3, -0.25) is 0 Å². The predicted octanol–water partition coefficient (Wildman–Crippen LogP) is 3.32. The number of methoxy groups -OCH3 is 2. The van der Waals surface area contributed by atoms with Crippen LogP contribution >= 0.6 is 11.6 Å². The highest BCUT2D eigenvalue weighted by atomic mass is 35.5. The summed E-state index contributed by atoms with van der Waals surface area (Å²) < 4.78 is 10.5. The monoisotopic (exact) mass is 307 g/mol. The predicted molar refractivity (Wildman–Crippen MR) is 83.3 cm³/mol. The van der Waals surface area contributed by atoms with Crippen LogP contribution in [0.15, 0.2) is 24.3 Å². The van der Waals surface area contributed by atoms with Crippen LogP contribution in [0.2, 0.25) is 5.15 Å². The zero-order valence-electron chi connectivity index (χ0n) is 12.3.